The number of methoxy groups -OCH3 is 1. The molecular weight excluding hydrogens is 212 g/mol. The number of ether oxygens (including phenoxy) is 1. The Bertz CT molecular complexity index is 196. The van der Waals surface area contributed by atoms with Crippen LogP contribution in [0.15, 0.2) is 0 Å². The molecule has 1 aliphatic heterocycles. The van der Waals surface area contributed by atoms with Crippen molar-refractivity contribution in [2.45, 2.75) is 46.1 Å². The second kappa shape index (κ2) is 7.34. The van der Waals surface area contributed by atoms with Gasteiger partial charge in [0.15, 0.2) is 0 Å². The summed E-state index contributed by atoms with van der Waals surface area (Å²) in [7, 11) is 1.79. The van der Waals surface area contributed by atoms with E-state index in [9.17, 15) is 0 Å². The topological polar surface area (TPSA) is 24.5 Å². The molecule has 0 spiro atoms. The molecule has 0 aliphatic carbocycles. The van der Waals surface area contributed by atoms with Crippen LogP contribution in [0.3, 0.4) is 0 Å². The van der Waals surface area contributed by atoms with Crippen LogP contribution in [0, 0.1) is 5.41 Å². The average molecular weight is 242 g/mol. The number of hydrogen-bond acceptors (Lipinski definition) is 3. The molecule has 102 valence electrons. The number of likely N-dealkylation sites (tertiary alicyclic amines) is 1. The van der Waals surface area contributed by atoms with E-state index in [1.165, 1.54) is 32.4 Å². The summed E-state index contributed by atoms with van der Waals surface area (Å²) in [6, 6.07) is 0.487. The quantitative estimate of drug-likeness (QED) is 0.740. The van der Waals surface area contributed by atoms with Gasteiger partial charge in [-0.25, -0.2) is 0 Å². The van der Waals surface area contributed by atoms with Crippen molar-refractivity contribution in [2.75, 3.05) is 39.9 Å². The lowest BCUT2D eigenvalue weighted by molar-refractivity contribution is 0.0966. The molecule has 1 rings (SSSR count). The van der Waals surface area contributed by atoms with Gasteiger partial charge in [0.1, 0.15) is 0 Å². The van der Waals surface area contributed by atoms with Crippen molar-refractivity contribution in [3.8, 4) is 0 Å². The lowest BCUT2D eigenvalue weighted by Gasteiger charge is -2.38. The molecule has 3 nitrogen and oxygen atoms in total. The molecule has 1 aliphatic rings. The van der Waals surface area contributed by atoms with E-state index in [2.05, 4.69) is 31.0 Å². The van der Waals surface area contributed by atoms with Crippen LogP contribution < -0.4 is 5.32 Å². The van der Waals surface area contributed by atoms with Crippen molar-refractivity contribution in [1.82, 2.24) is 10.2 Å². The maximum atomic E-state index is 5.29. The zero-order chi connectivity index (χ0) is 12.7. The fourth-order valence-electron chi connectivity index (χ4n) is 2.38. The summed E-state index contributed by atoms with van der Waals surface area (Å²) in [6.45, 7) is 12.5. The first kappa shape index (κ1) is 14.9. The van der Waals surface area contributed by atoms with Gasteiger partial charge in [-0.2, -0.15) is 0 Å². The Hall–Kier alpha value is -0.120. The Morgan fingerprint density at radius 2 is 1.94 bits per heavy atom. The average Bonchev–Trinajstić information content (AvgIpc) is 2.29. The van der Waals surface area contributed by atoms with Gasteiger partial charge in [-0.15, -0.1) is 0 Å². The van der Waals surface area contributed by atoms with Gasteiger partial charge in [0, 0.05) is 19.7 Å². The SMILES string of the molecule is CCCNC(COC)CN1CCC(C)(C)CC1. The molecule has 1 fully saturated rings. The van der Waals surface area contributed by atoms with E-state index >= 15 is 0 Å². The number of piperidine rings is 1. The molecule has 0 amide bonds. The fraction of sp³-hybridized carbons (Fsp3) is 1.00. The maximum absolute atomic E-state index is 5.29. The molecule has 1 heterocycles. The monoisotopic (exact) mass is 242 g/mol. The van der Waals surface area contributed by atoms with Gasteiger partial charge in [0.25, 0.3) is 0 Å². The number of hydrogen-bond donors (Lipinski definition) is 1. The van der Waals surface area contributed by atoms with Crippen LogP contribution in [0.1, 0.15) is 40.0 Å². The molecular formula is C14H30N2O. The van der Waals surface area contributed by atoms with Crippen molar-refractivity contribution in [2.24, 2.45) is 5.41 Å². The number of nitrogens with zero attached hydrogens (tertiary/aromatic N) is 1. The Morgan fingerprint density at radius 1 is 1.29 bits per heavy atom. The highest BCUT2D eigenvalue weighted by Crippen LogP contribution is 2.29. The maximum Gasteiger partial charge on any atom is 0.0628 e. The van der Waals surface area contributed by atoms with Crippen LogP contribution in [0.4, 0.5) is 0 Å². The zero-order valence-electron chi connectivity index (χ0n) is 12.1. The van der Waals surface area contributed by atoms with Gasteiger partial charge in [0.05, 0.1) is 6.61 Å². The van der Waals surface area contributed by atoms with E-state index in [4.69, 9.17) is 4.74 Å². The predicted molar refractivity (Wildman–Crippen MR) is 73.4 cm³/mol. The highest BCUT2D eigenvalue weighted by atomic mass is 16.5. The van der Waals surface area contributed by atoms with Crippen molar-refractivity contribution in [3.63, 3.8) is 0 Å². The third-order valence-corrected chi connectivity index (χ3v) is 3.74. The normalized spacial score (nSPS) is 22.6. The standard InChI is InChI=1S/C14H30N2O/c1-5-8-15-13(12-17-4)11-16-9-6-14(2,3)7-10-16/h13,15H,5-12H2,1-4H3. The van der Waals surface area contributed by atoms with Crippen molar-refractivity contribution < 1.29 is 4.74 Å². The third kappa shape index (κ3) is 5.84. The molecule has 1 atom stereocenters. The smallest absolute Gasteiger partial charge is 0.0628 e. The first-order valence-electron chi connectivity index (χ1n) is 7.02. The van der Waals surface area contributed by atoms with Crippen LogP contribution in [0.5, 0.6) is 0 Å². The second-order valence-electron chi connectivity index (χ2n) is 6.07. The minimum absolute atomic E-state index is 0.487. The fourth-order valence-corrected chi connectivity index (χ4v) is 2.38. The molecule has 3 heteroatoms. The summed E-state index contributed by atoms with van der Waals surface area (Å²) >= 11 is 0. The molecule has 1 unspecified atom stereocenters. The van der Waals surface area contributed by atoms with Gasteiger partial charge >= 0.3 is 0 Å². The Labute approximate surface area is 107 Å². The van der Waals surface area contributed by atoms with Gasteiger partial charge in [-0.3, -0.25) is 0 Å². The van der Waals surface area contributed by atoms with E-state index in [0.717, 1.165) is 19.7 Å². The summed E-state index contributed by atoms with van der Waals surface area (Å²) < 4.78 is 5.29. The lowest BCUT2D eigenvalue weighted by atomic mass is 9.82. The molecule has 0 bridgehead atoms. The highest BCUT2D eigenvalue weighted by Gasteiger charge is 2.26. The van der Waals surface area contributed by atoms with E-state index in [-0.39, 0.29) is 0 Å². The minimum Gasteiger partial charge on any atom is -0.383 e. The zero-order valence-corrected chi connectivity index (χ0v) is 12.1. The molecule has 0 saturated carbocycles. The summed E-state index contributed by atoms with van der Waals surface area (Å²) in [5.41, 5.74) is 0.546. The molecule has 17 heavy (non-hydrogen) atoms. The summed E-state index contributed by atoms with van der Waals surface area (Å²) in [5.74, 6) is 0. The van der Waals surface area contributed by atoms with Gasteiger partial charge < -0.3 is 15.0 Å². The molecule has 0 aromatic heterocycles. The Balaban J connectivity index is 2.29. The summed E-state index contributed by atoms with van der Waals surface area (Å²) in [5, 5.41) is 3.57. The van der Waals surface area contributed by atoms with Gasteiger partial charge in [-0.1, -0.05) is 20.8 Å². The van der Waals surface area contributed by atoms with Gasteiger partial charge in [0.2, 0.25) is 0 Å². The molecule has 0 aromatic carbocycles. The van der Waals surface area contributed by atoms with Crippen LogP contribution in [0.2, 0.25) is 0 Å². The Kier molecular flexibility index (Phi) is 6.45. The molecule has 1 saturated heterocycles. The molecule has 1 N–H and O–H groups in total. The van der Waals surface area contributed by atoms with E-state index < -0.39 is 0 Å². The second-order valence-corrected chi connectivity index (χ2v) is 6.07. The molecule has 0 aromatic rings. The van der Waals surface area contributed by atoms with Crippen molar-refractivity contribution >= 4 is 0 Å². The summed E-state index contributed by atoms with van der Waals surface area (Å²) in [6.07, 6.45) is 3.83. The van der Waals surface area contributed by atoms with Crippen LogP contribution >= 0.6 is 0 Å². The lowest BCUT2D eigenvalue weighted by Crippen LogP contribution is -2.47. The number of rotatable bonds is 7. The summed E-state index contributed by atoms with van der Waals surface area (Å²) in [4.78, 5) is 2.58. The van der Waals surface area contributed by atoms with E-state index in [0.29, 0.717) is 11.5 Å². The van der Waals surface area contributed by atoms with Crippen molar-refractivity contribution in [1.29, 1.82) is 0 Å². The minimum atomic E-state index is 0.487. The predicted octanol–water partition coefficient (Wildman–Crippen LogP) is 2.12. The van der Waals surface area contributed by atoms with Gasteiger partial charge in [-0.05, 0) is 44.3 Å². The number of nitrogens with one attached hydrogen (secondary N) is 1. The first-order chi connectivity index (χ1) is 8.07. The Morgan fingerprint density at radius 3 is 2.47 bits per heavy atom. The molecule has 0 radical (unpaired) electrons. The van der Waals surface area contributed by atoms with E-state index in [1.54, 1.807) is 7.11 Å². The third-order valence-electron chi connectivity index (χ3n) is 3.74. The van der Waals surface area contributed by atoms with Crippen LogP contribution in [-0.4, -0.2) is 50.8 Å². The van der Waals surface area contributed by atoms with E-state index in [1.807, 2.05) is 0 Å². The van der Waals surface area contributed by atoms with Crippen LogP contribution in [-0.2, 0) is 4.74 Å². The van der Waals surface area contributed by atoms with Crippen molar-refractivity contribution in [3.05, 3.63) is 0 Å². The largest absolute Gasteiger partial charge is 0.383 e. The van der Waals surface area contributed by atoms with Crippen LogP contribution in [0.25, 0.3) is 0 Å². The highest BCUT2D eigenvalue weighted by molar-refractivity contribution is 4.81. The first-order valence-corrected chi connectivity index (χ1v) is 7.02.